The Morgan fingerprint density at radius 1 is 1.32 bits per heavy atom. The summed E-state index contributed by atoms with van der Waals surface area (Å²) in [6.45, 7) is 3.11. The first-order chi connectivity index (χ1) is 8.79. The van der Waals surface area contributed by atoms with Gasteiger partial charge in [-0.2, -0.15) is 0 Å². The topological polar surface area (TPSA) is 103 Å². The van der Waals surface area contributed by atoms with E-state index in [1.807, 2.05) is 0 Å². The Balaban J connectivity index is 3.06. The summed E-state index contributed by atoms with van der Waals surface area (Å²) in [6, 6.07) is 0. The minimum Gasteiger partial charge on any atom is -0.477 e. The van der Waals surface area contributed by atoms with E-state index in [0.29, 0.717) is 16.8 Å². The molecule has 104 valence electrons. The minimum atomic E-state index is -1.12. The first-order valence-corrected chi connectivity index (χ1v) is 5.68. The van der Waals surface area contributed by atoms with E-state index >= 15 is 0 Å². The number of hydrogen-bond acceptors (Lipinski definition) is 3. The largest absolute Gasteiger partial charge is 0.477 e. The number of aryl methyl sites for hydroxylation is 1. The number of aromatic amines is 1. The normalized spacial score (nSPS) is 10.1. The average molecular weight is 267 g/mol. The summed E-state index contributed by atoms with van der Waals surface area (Å²) >= 11 is 0. The first kappa shape index (κ1) is 14.7. The lowest BCUT2D eigenvalue weighted by Gasteiger charge is -2.16. The molecule has 2 amide bonds. The predicted octanol–water partition coefficient (Wildman–Crippen LogP) is 0.148. The molecular formula is C12H17N3O4. The zero-order valence-corrected chi connectivity index (χ0v) is 11.3. The van der Waals surface area contributed by atoms with Gasteiger partial charge in [-0.1, -0.05) is 0 Å². The van der Waals surface area contributed by atoms with E-state index in [0.717, 1.165) is 0 Å². The maximum Gasteiger partial charge on any atom is 0.352 e. The van der Waals surface area contributed by atoms with Gasteiger partial charge in [0, 0.05) is 19.8 Å². The molecule has 0 spiro atoms. The Labute approximate surface area is 110 Å². The maximum absolute atomic E-state index is 12.2. The number of nitrogens with zero attached hydrogens (tertiary/aromatic N) is 1. The van der Waals surface area contributed by atoms with Crippen molar-refractivity contribution in [2.45, 2.75) is 13.8 Å². The lowest BCUT2D eigenvalue weighted by atomic mass is 10.1. The van der Waals surface area contributed by atoms with Gasteiger partial charge in [0.15, 0.2) is 0 Å². The van der Waals surface area contributed by atoms with Gasteiger partial charge in [0.2, 0.25) is 5.91 Å². The lowest BCUT2D eigenvalue weighted by molar-refractivity contribution is -0.121. The van der Waals surface area contributed by atoms with Crippen LogP contribution in [0.15, 0.2) is 0 Å². The zero-order valence-electron chi connectivity index (χ0n) is 11.3. The van der Waals surface area contributed by atoms with Gasteiger partial charge in [-0.3, -0.25) is 9.59 Å². The lowest BCUT2D eigenvalue weighted by Crippen LogP contribution is -2.37. The summed E-state index contributed by atoms with van der Waals surface area (Å²) in [5.41, 5.74) is 1.14. The van der Waals surface area contributed by atoms with Crippen LogP contribution in [0.5, 0.6) is 0 Å². The van der Waals surface area contributed by atoms with Crippen LogP contribution in [0.2, 0.25) is 0 Å². The van der Waals surface area contributed by atoms with Crippen molar-refractivity contribution >= 4 is 17.8 Å². The third-order valence-electron chi connectivity index (χ3n) is 2.87. The monoisotopic (exact) mass is 267 g/mol. The third-order valence-corrected chi connectivity index (χ3v) is 2.87. The van der Waals surface area contributed by atoms with Crippen molar-refractivity contribution in [3.63, 3.8) is 0 Å². The van der Waals surface area contributed by atoms with Crippen LogP contribution in [0.1, 0.15) is 32.1 Å². The van der Waals surface area contributed by atoms with Gasteiger partial charge in [-0.15, -0.1) is 0 Å². The summed E-state index contributed by atoms with van der Waals surface area (Å²) in [6.07, 6.45) is 0. The standard InChI is InChI=1S/C12H17N3O4/c1-6-9(7(2)14-10(6)12(18)19)11(17)15(4)5-8(16)13-3/h14H,5H2,1-4H3,(H,13,16)(H,18,19). The van der Waals surface area contributed by atoms with Crippen molar-refractivity contribution in [1.82, 2.24) is 15.2 Å². The van der Waals surface area contributed by atoms with E-state index in [1.165, 1.54) is 19.0 Å². The Morgan fingerprint density at radius 2 is 1.89 bits per heavy atom. The van der Waals surface area contributed by atoms with Crippen molar-refractivity contribution in [2.24, 2.45) is 0 Å². The van der Waals surface area contributed by atoms with Gasteiger partial charge in [0.1, 0.15) is 5.69 Å². The smallest absolute Gasteiger partial charge is 0.352 e. The number of carbonyl (C=O) groups is 3. The Morgan fingerprint density at radius 3 is 2.32 bits per heavy atom. The van der Waals surface area contributed by atoms with Crippen LogP contribution in [0.4, 0.5) is 0 Å². The Hall–Kier alpha value is -2.31. The van der Waals surface area contributed by atoms with Crippen molar-refractivity contribution in [1.29, 1.82) is 0 Å². The highest BCUT2D eigenvalue weighted by Crippen LogP contribution is 2.19. The van der Waals surface area contributed by atoms with Crippen molar-refractivity contribution < 1.29 is 19.5 Å². The van der Waals surface area contributed by atoms with Gasteiger partial charge in [0.05, 0.1) is 12.1 Å². The first-order valence-electron chi connectivity index (χ1n) is 5.68. The molecule has 1 aromatic rings. The quantitative estimate of drug-likeness (QED) is 0.722. The van der Waals surface area contributed by atoms with Gasteiger partial charge < -0.3 is 20.3 Å². The molecule has 0 atom stereocenters. The van der Waals surface area contributed by atoms with Crippen LogP contribution < -0.4 is 5.32 Å². The second-order valence-corrected chi connectivity index (χ2v) is 4.26. The number of carbonyl (C=O) groups excluding carboxylic acids is 2. The van der Waals surface area contributed by atoms with Crippen LogP contribution in [0, 0.1) is 13.8 Å². The number of likely N-dealkylation sites (N-methyl/N-ethyl adjacent to an activating group) is 2. The number of amides is 2. The maximum atomic E-state index is 12.2. The molecule has 0 saturated heterocycles. The molecule has 0 radical (unpaired) electrons. The van der Waals surface area contributed by atoms with Crippen molar-refractivity contribution in [2.75, 3.05) is 20.6 Å². The summed E-state index contributed by atoms with van der Waals surface area (Å²) in [4.78, 5) is 38.3. The number of rotatable bonds is 4. The average Bonchev–Trinajstić information content (AvgIpc) is 2.63. The van der Waals surface area contributed by atoms with Crippen LogP contribution in [0.25, 0.3) is 0 Å². The SMILES string of the molecule is CNC(=O)CN(C)C(=O)c1c(C)[nH]c(C(=O)O)c1C. The molecular weight excluding hydrogens is 250 g/mol. The van der Waals surface area contributed by atoms with Crippen LogP contribution in [-0.2, 0) is 4.79 Å². The van der Waals surface area contributed by atoms with E-state index in [9.17, 15) is 14.4 Å². The van der Waals surface area contributed by atoms with Crippen LogP contribution in [0.3, 0.4) is 0 Å². The third kappa shape index (κ3) is 2.93. The second-order valence-electron chi connectivity index (χ2n) is 4.26. The Bertz CT molecular complexity index is 533. The molecule has 0 unspecified atom stereocenters. The number of aromatic nitrogens is 1. The number of aromatic carboxylic acids is 1. The molecule has 1 aromatic heterocycles. The molecule has 0 aliphatic carbocycles. The van der Waals surface area contributed by atoms with Gasteiger partial charge in [-0.05, 0) is 19.4 Å². The summed E-state index contributed by atoms with van der Waals surface area (Å²) < 4.78 is 0. The summed E-state index contributed by atoms with van der Waals surface area (Å²) in [7, 11) is 2.97. The molecule has 1 heterocycles. The van der Waals surface area contributed by atoms with E-state index in [4.69, 9.17) is 5.11 Å². The molecule has 0 fully saturated rings. The number of carboxylic acids is 1. The number of nitrogens with one attached hydrogen (secondary N) is 2. The van der Waals surface area contributed by atoms with E-state index < -0.39 is 5.97 Å². The molecule has 19 heavy (non-hydrogen) atoms. The van der Waals surface area contributed by atoms with E-state index in [1.54, 1.807) is 13.8 Å². The highest BCUT2D eigenvalue weighted by molar-refractivity contribution is 6.01. The molecule has 7 nitrogen and oxygen atoms in total. The highest BCUT2D eigenvalue weighted by atomic mass is 16.4. The van der Waals surface area contributed by atoms with Crippen molar-refractivity contribution in [3.8, 4) is 0 Å². The van der Waals surface area contributed by atoms with Gasteiger partial charge >= 0.3 is 5.97 Å². The highest BCUT2D eigenvalue weighted by Gasteiger charge is 2.24. The molecule has 0 aliphatic rings. The Kier molecular flexibility index (Phi) is 4.31. The molecule has 1 rings (SSSR count). The van der Waals surface area contributed by atoms with Crippen molar-refractivity contribution in [3.05, 3.63) is 22.5 Å². The number of hydrogen-bond donors (Lipinski definition) is 3. The predicted molar refractivity (Wildman–Crippen MR) is 68.3 cm³/mol. The molecule has 3 N–H and O–H groups in total. The van der Waals surface area contributed by atoms with E-state index in [-0.39, 0.29) is 24.1 Å². The minimum absolute atomic E-state index is 0.00538. The number of H-pyrrole nitrogens is 1. The van der Waals surface area contributed by atoms with Gasteiger partial charge in [-0.25, -0.2) is 4.79 Å². The zero-order chi connectivity index (χ0) is 14.7. The molecule has 0 saturated carbocycles. The molecule has 0 aromatic carbocycles. The van der Waals surface area contributed by atoms with Crippen LogP contribution in [-0.4, -0.2) is 53.4 Å². The van der Waals surface area contributed by atoms with E-state index in [2.05, 4.69) is 10.3 Å². The second kappa shape index (κ2) is 5.55. The van der Waals surface area contributed by atoms with Gasteiger partial charge in [0.25, 0.3) is 5.91 Å². The fourth-order valence-electron chi connectivity index (χ4n) is 1.84. The molecule has 0 bridgehead atoms. The fourth-order valence-corrected chi connectivity index (χ4v) is 1.84. The summed E-state index contributed by atoms with van der Waals surface area (Å²) in [5, 5.41) is 11.4. The summed E-state index contributed by atoms with van der Waals surface area (Å²) in [5.74, 6) is -1.80. The van der Waals surface area contributed by atoms with Crippen LogP contribution >= 0.6 is 0 Å². The molecule has 7 heteroatoms. The fraction of sp³-hybridized carbons (Fsp3) is 0.417. The number of carboxylic acid groups (broad SMARTS) is 1. The molecule has 0 aliphatic heterocycles.